The molecule has 0 amide bonds. The SMILES string of the molecule is C[C@H](C1=CC=C/C1=C1/C=CC=C[C-]1P(c1ccccc1)c1ccccc1)P(C1CCCCC1)C1CCCCC1. The Morgan fingerprint density at radius 2 is 1.23 bits per heavy atom. The number of rotatable bonds is 7. The summed E-state index contributed by atoms with van der Waals surface area (Å²) >= 11 is 0. The van der Waals surface area contributed by atoms with Crippen molar-refractivity contribution < 1.29 is 0 Å². The van der Waals surface area contributed by atoms with E-state index in [1.165, 1.54) is 91.6 Å². The predicted molar refractivity (Wildman–Crippen MR) is 175 cm³/mol. The molecule has 4 aliphatic carbocycles. The third-order valence-electron chi connectivity index (χ3n) is 9.20. The Morgan fingerprint density at radius 1 is 0.667 bits per heavy atom. The van der Waals surface area contributed by atoms with Crippen molar-refractivity contribution in [1.82, 2.24) is 0 Å². The average molecular weight is 550 g/mol. The Hall–Kier alpha value is -2.13. The first-order valence-corrected chi connectivity index (χ1v) is 18.2. The lowest BCUT2D eigenvalue weighted by Gasteiger charge is -2.44. The van der Waals surface area contributed by atoms with E-state index in [4.69, 9.17) is 0 Å². The van der Waals surface area contributed by atoms with Crippen LogP contribution < -0.4 is 10.6 Å². The molecule has 0 heterocycles. The molecule has 2 aromatic carbocycles. The molecule has 39 heavy (non-hydrogen) atoms. The first kappa shape index (κ1) is 27.1. The lowest BCUT2D eigenvalue weighted by molar-refractivity contribution is 0.482. The topological polar surface area (TPSA) is 0 Å². The molecule has 0 nitrogen and oxygen atoms in total. The molecule has 0 saturated heterocycles. The van der Waals surface area contributed by atoms with Gasteiger partial charge < -0.3 is 0 Å². The van der Waals surface area contributed by atoms with Gasteiger partial charge in [-0.25, -0.2) is 0 Å². The molecule has 0 bridgehead atoms. The highest BCUT2D eigenvalue weighted by atomic mass is 31.1. The van der Waals surface area contributed by atoms with Gasteiger partial charge >= 0.3 is 0 Å². The molecule has 2 aromatic rings. The zero-order chi connectivity index (χ0) is 26.4. The van der Waals surface area contributed by atoms with Crippen LogP contribution in [0.1, 0.15) is 71.1 Å². The van der Waals surface area contributed by atoms with Crippen LogP contribution in [0.3, 0.4) is 0 Å². The molecule has 6 rings (SSSR count). The zero-order valence-electron chi connectivity index (χ0n) is 23.5. The van der Waals surface area contributed by atoms with Gasteiger partial charge in [-0.05, 0) is 53.3 Å². The molecule has 0 unspecified atom stereocenters. The van der Waals surface area contributed by atoms with E-state index in [0.717, 1.165) is 11.3 Å². The fourth-order valence-electron chi connectivity index (χ4n) is 7.37. The molecule has 0 radical (unpaired) electrons. The van der Waals surface area contributed by atoms with Crippen LogP contribution in [0.25, 0.3) is 0 Å². The molecule has 1 atom stereocenters. The minimum atomic E-state index is -0.637. The molecule has 0 N–H and O–H groups in total. The number of hydrogen-bond acceptors (Lipinski definition) is 0. The van der Waals surface area contributed by atoms with Crippen LogP contribution in [0, 0.1) is 5.66 Å². The Morgan fingerprint density at radius 3 is 1.79 bits per heavy atom. The average Bonchev–Trinajstić information content (AvgIpc) is 3.50. The van der Waals surface area contributed by atoms with Gasteiger partial charge in [-0.1, -0.05) is 157 Å². The highest BCUT2D eigenvalue weighted by Crippen LogP contribution is 2.62. The van der Waals surface area contributed by atoms with Gasteiger partial charge in [-0.3, -0.25) is 0 Å². The summed E-state index contributed by atoms with van der Waals surface area (Å²) in [7, 11) is -0.660. The second-order valence-corrected chi connectivity index (χ2v) is 16.9. The molecule has 2 heteroatoms. The lowest BCUT2D eigenvalue weighted by atomic mass is 9.95. The van der Waals surface area contributed by atoms with E-state index in [2.05, 4.69) is 110 Å². The molecule has 0 aliphatic heterocycles. The van der Waals surface area contributed by atoms with Crippen molar-refractivity contribution in [1.29, 1.82) is 0 Å². The Kier molecular flexibility index (Phi) is 9.04. The van der Waals surface area contributed by atoms with Gasteiger partial charge in [0, 0.05) is 0 Å². The maximum absolute atomic E-state index is 2.62. The summed E-state index contributed by atoms with van der Waals surface area (Å²) in [5.41, 5.74) is 8.67. The van der Waals surface area contributed by atoms with Crippen LogP contribution in [-0.4, -0.2) is 17.0 Å². The van der Waals surface area contributed by atoms with Crippen LogP contribution in [0.15, 0.2) is 120 Å². The second kappa shape index (κ2) is 13.0. The van der Waals surface area contributed by atoms with Crippen LogP contribution in [0.4, 0.5) is 0 Å². The third kappa shape index (κ3) is 5.99. The van der Waals surface area contributed by atoms with Gasteiger partial charge in [0.15, 0.2) is 0 Å². The normalized spacial score (nSPS) is 23.2. The summed E-state index contributed by atoms with van der Waals surface area (Å²) < 4.78 is 0. The van der Waals surface area contributed by atoms with Crippen molar-refractivity contribution in [3.8, 4) is 0 Å². The minimum absolute atomic E-state index is 0.0227. The highest BCUT2D eigenvalue weighted by Gasteiger charge is 2.36. The molecule has 2 saturated carbocycles. The smallest absolute Gasteiger partial charge is 0.00622 e. The maximum Gasteiger partial charge on any atom is -0.00622 e. The van der Waals surface area contributed by atoms with Crippen molar-refractivity contribution in [2.45, 2.75) is 88.1 Å². The number of hydrogen-bond donors (Lipinski definition) is 0. The molecule has 2 fully saturated rings. The summed E-state index contributed by atoms with van der Waals surface area (Å²) in [4.78, 5) is 0. The van der Waals surface area contributed by atoms with Gasteiger partial charge in [0.25, 0.3) is 0 Å². The van der Waals surface area contributed by atoms with Crippen molar-refractivity contribution in [2.75, 3.05) is 0 Å². The molecule has 202 valence electrons. The molecular weight excluding hydrogens is 506 g/mol. The van der Waals surface area contributed by atoms with E-state index in [-0.39, 0.29) is 7.92 Å². The number of allylic oxidation sites excluding steroid dienone is 10. The Balaban J connectivity index is 1.38. The molecule has 0 aromatic heterocycles. The van der Waals surface area contributed by atoms with E-state index >= 15 is 0 Å². The van der Waals surface area contributed by atoms with Crippen molar-refractivity contribution >= 4 is 26.5 Å². The van der Waals surface area contributed by atoms with Crippen LogP contribution >= 0.6 is 15.8 Å². The second-order valence-electron chi connectivity index (χ2n) is 11.6. The summed E-state index contributed by atoms with van der Waals surface area (Å²) in [6, 6.07) is 22.4. The monoisotopic (exact) mass is 549 g/mol. The van der Waals surface area contributed by atoms with Crippen molar-refractivity contribution in [2.24, 2.45) is 0 Å². The minimum Gasteiger partial charge on any atom is -0.145 e. The number of benzene rings is 2. The van der Waals surface area contributed by atoms with Gasteiger partial charge in [0.2, 0.25) is 0 Å². The largest absolute Gasteiger partial charge is 0.145 e. The lowest BCUT2D eigenvalue weighted by Crippen LogP contribution is -2.27. The Labute approximate surface area is 239 Å². The van der Waals surface area contributed by atoms with Gasteiger partial charge in [0.05, 0.1) is 0 Å². The van der Waals surface area contributed by atoms with E-state index in [0.29, 0.717) is 5.66 Å². The summed E-state index contributed by atoms with van der Waals surface area (Å²) in [5, 5.41) is 2.86. The van der Waals surface area contributed by atoms with Gasteiger partial charge in [-0.2, -0.15) is 0 Å². The third-order valence-corrected chi connectivity index (χ3v) is 15.6. The molecule has 4 aliphatic rings. The quantitative estimate of drug-likeness (QED) is 0.238. The standard InChI is InChI=1S/C37H43P2/c1-29(38(30-17-6-2-7-18-30)31-19-8-3-9-20-31)34-26-16-27-35(34)36-25-14-15-28-37(36)39(32-21-10-4-11-22-32)33-23-12-5-13-24-33/h4-5,10-16,21-31H,2-3,6-9,17-20H2,1H3/q-1/b36-35+/t29-/m1/s1. The summed E-state index contributed by atoms with van der Waals surface area (Å²) in [6.45, 7) is 2.62. The fourth-order valence-corrected chi connectivity index (χ4v) is 14.2. The summed E-state index contributed by atoms with van der Waals surface area (Å²) in [6.07, 6.45) is 31.3. The van der Waals surface area contributed by atoms with Gasteiger partial charge in [-0.15, -0.1) is 29.9 Å². The Bertz CT molecular complexity index is 1180. The van der Waals surface area contributed by atoms with Gasteiger partial charge in [0.1, 0.15) is 0 Å². The van der Waals surface area contributed by atoms with Crippen LogP contribution in [0.5, 0.6) is 0 Å². The fraction of sp³-hybridized carbons (Fsp3) is 0.378. The molecular formula is C37H43P2-. The van der Waals surface area contributed by atoms with E-state index < -0.39 is 7.92 Å². The first-order valence-electron chi connectivity index (χ1n) is 15.3. The predicted octanol–water partition coefficient (Wildman–Crippen LogP) is 10.1. The van der Waals surface area contributed by atoms with Crippen LogP contribution in [-0.2, 0) is 0 Å². The maximum atomic E-state index is 2.62. The first-order chi connectivity index (χ1) is 19.3. The van der Waals surface area contributed by atoms with Crippen molar-refractivity contribution in [3.63, 3.8) is 0 Å². The van der Waals surface area contributed by atoms with Crippen LogP contribution in [0.2, 0.25) is 0 Å². The van der Waals surface area contributed by atoms with E-state index in [1.807, 2.05) is 0 Å². The van der Waals surface area contributed by atoms with E-state index in [1.54, 1.807) is 5.57 Å². The zero-order valence-corrected chi connectivity index (χ0v) is 25.3. The molecule has 0 spiro atoms. The van der Waals surface area contributed by atoms with Crippen molar-refractivity contribution in [3.05, 3.63) is 126 Å². The summed E-state index contributed by atoms with van der Waals surface area (Å²) in [5.74, 6) is 0. The van der Waals surface area contributed by atoms with E-state index in [9.17, 15) is 0 Å². The highest BCUT2D eigenvalue weighted by molar-refractivity contribution is 7.76.